The largest absolute Gasteiger partial charge is 0.384 e. The Morgan fingerprint density at radius 3 is 2.45 bits per heavy atom. The first-order valence-electron chi connectivity index (χ1n) is 8.24. The van der Waals surface area contributed by atoms with Crippen LogP contribution in [0.1, 0.15) is 31.2 Å². The van der Waals surface area contributed by atoms with Gasteiger partial charge in [0.2, 0.25) is 5.91 Å². The molecule has 2 fully saturated rings. The van der Waals surface area contributed by atoms with E-state index in [9.17, 15) is 4.79 Å². The third-order valence-electron chi connectivity index (χ3n) is 5.29. The third-order valence-corrected chi connectivity index (χ3v) is 5.29. The summed E-state index contributed by atoms with van der Waals surface area (Å²) in [6, 6.07) is 10.6. The van der Waals surface area contributed by atoms with Crippen molar-refractivity contribution in [2.24, 2.45) is 5.41 Å². The van der Waals surface area contributed by atoms with Crippen molar-refractivity contribution < 1.29 is 9.53 Å². The highest BCUT2D eigenvalue weighted by Gasteiger charge is 2.46. The lowest BCUT2D eigenvalue weighted by Gasteiger charge is -2.36. The molecule has 1 amide bonds. The lowest BCUT2D eigenvalue weighted by atomic mass is 9.78. The molecule has 2 aliphatic rings. The second kappa shape index (κ2) is 6.39. The zero-order chi connectivity index (χ0) is 15.5. The van der Waals surface area contributed by atoms with Gasteiger partial charge in [0.05, 0.1) is 12.0 Å². The Kier molecular flexibility index (Phi) is 4.50. The summed E-state index contributed by atoms with van der Waals surface area (Å²) in [5.74, 6) is 0.165. The molecule has 0 bridgehead atoms. The SMILES string of the molecule is COCC1(C(=O)NCC2(c3ccccc3)CC2)CCNCC1. The van der Waals surface area contributed by atoms with Crippen molar-refractivity contribution in [2.75, 3.05) is 33.4 Å². The molecule has 0 radical (unpaired) electrons. The topological polar surface area (TPSA) is 50.4 Å². The maximum absolute atomic E-state index is 12.8. The molecule has 0 spiro atoms. The number of nitrogens with one attached hydrogen (secondary N) is 2. The van der Waals surface area contributed by atoms with E-state index in [2.05, 4.69) is 34.9 Å². The predicted molar refractivity (Wildman–Crippen MR) is 86.8 cm³/mol. The maximum Gasteiger partial charge on any atom is 0.228 e. The van der Waals surface area contributed by atoms with Gasteiger partial charge in [0.25, 0.3) is 0 Å². The van der Waals surface area contributed by atoms with Gasteiger partial charge >= 0.3 is 0 Å². The molecule has 1 aromatic rings. The normalized spacial score (nSPS) is 22.0. The van der Waals surface area contributed by atoms with E-state index in [0.717, 1.165) is 45.3 Å². The number of ether oxygens (including phenoxy) is 1. The number of methoxy groups -OCH3 is 1. The molecule has 4 nitrogen and oxygen atoms in total. The van der Waals surface area contributed by atoms with E-state index in [1.54, 1.807) is 7.11 Å². The van der Waals surface area contributed by atoms with Gasteiger partial charge in [0.1, 0.15) is 0 Å². The quantitative estimate of drug-likeness (QED) is 0.843. The summed E-state index contributed by atoms with van der Waals surface area (Å²) < 4.78 is 5.35. The number of carbonyl (C=O) groups is 1. The fourth-order valence-corrected chi connectivity index (χ4v) is 3.57. The summed E-state index contributed by atoms with van der Waals surface area (Å²) in [6.45, 7) is 3.04. The fraction of sp³-hybridized carbons (Fsp3) is 0.611. The number of rotatable bonds is 6. The van der Waals surface area contributed by atoms with E-state index in [4.69, 9.17) is 4.74 Å². The first-order valence-corrected chi connectivity index (χ1v) is 8.24. The zero-order valence-corrected chi connectivity index (χ0v) is 13.4. The Morgan fingerprint density at radius 2 is 1.86 bits per heavy atom. The van der Waals surface area contributed by atoms with E-state index >= 15 is 0 Å². The van der Waals surface area contributed by atoms with Crippen LogP contribution in [0, 0.1) is 5.41 Å². The van der Waals surface area contributed by atoms with Gasteiger partial charge in [-0.3, -0.25) is 4.79 Å². The summed E-state index contributed by atoms with van der Waals surface area (Å²) in [6.07, 6.45) is 4.03. The summed E-state index contributed by atoms with van der Waals surface area (Å²) >= 11 is 0. The van der Waals surface area contributed by atoms with Gasteiger partial charge in [-0.25, -0.2) is 0 Å². The van der Waals surface area contributed by atoms with Gasteiger partial charge in [0, 0.05) is 19.1 Å². The first-order chi connectivity index (χ1) is 10.7. The molecule has 1 saturated carbocycles. The number of amides is 1. The summed E-state index contributed by atoms with van der Waals surface area (Å²) in [4.78, 5) is 12.8. The Balaban J connectivity index is 1.64. The number of hydrogen-bond acceptors (Lipinski definition) is 3. The summed E-state index contributed by atoms with van der Waals surface area (Å²) in [5.41, 5.74) is 1.16. The van der Waals surface area contributed by atoms with Crippen LogP contribution in [0.4, 0.5) is 0 Å². The van der Waals surface area contributed by atoms with Gasteiger partial charge in [-0.1, -0.05) is 30.3 Å². The average Bonchev–Trinajstić information content (AvgIpc) is 3.36. The van der Waals surface area contributed by atoms with Gasteiger partial charge < -0.3 is 15.4 Å². The van der Waals surface area contributed by atoms with Crippen LogP contribution in [0.5, 0.6) is 0 Å². The third kappa shape index (κ3) is 3.03. The van der Waals surface area contributed by atoms with E-state index in [1.165, 1.54) is 5.56 Å². The van der Waals surface area contributed by atoms with Crippen LogP contribution >= 0.6 is 0 Å². The highest BCUT2D eigenvalue weighted by Crippen LogP contribution is 2.47. The number of hydrogen-bond donors (Lipinski definition) is 2. The lowest BCUT2D eigenvalue weighted by Crippen LogP contribution is -2.51. The second-order valence-corrected chi connectivity index (χ2v) is 6.79. The molecule has 120 valence electrons. The Hall–Kier alpha value is -1.39. The smallest absolute Gasteiger partial charge is 0.228 e. The van der Waals surface area contributed by atoms with Gasteiger partial charge in [-0.05, 0) is 44.3 Å². The van der Waals surface area contributed by atoms with Crippen molar-refractivity contribution in [1.82, 2.24) is 10.6 Å². The van der Waals surface area contributed by atoms with Crippen LogP contribution in [-0.2, 0) is 14.9 Å². The summed E-state index contributed by atoms with van der Waals surface area (Å²) in [7, 11) is 1.68. The standard InChI is InChI=1S/C18H26N2O2/c1-22-14-18(9-11-19-12-10-18)16(21)20-13-17(7-8-17)15-5-3-2-4-6-15/h2-6,19H,7-14H2,1H3,(H,20,21). The molecule has 22 heavy (non-hydrogen) atoms. The minimum absolute atomic E-state index is 0.165. The highest BCUT2D eigenvalue weighted by molar-refractivity contribution is 5.83. The Bertz CT molecular complexity index is 500. The van der Waals surface area contributed by atoms with Crippen molar-refractivity contribution in [3.63, 3.8) is 0 Å². The minimum atomic E-state index is -0.354. The Labute approximate surface area is 132 Å². The molecule has 0 atom stereocenters. The van der Waals surface area contributed by atoms with Crippen molar-refractivity contribution in [2.45, 2.75) is 31.1 Å². The van der Waals surface area contributed by atoms with Crippen molar-refractivity contribution >= 4 is 5.91 Å². The fourth-order valence-electron chi connectivity index (χ4n) is 3.57. The highest BCUT2D eigenvalue weighted by atomic mass is 16.5. The molecule has 1 aliphatic carbocycles. The molecular weight excluding hydrogens is 276 g/mol. The molecule has 1 heterocycles. The molecule has 2 N–H and O–H groups in total. The Morgan fingerprint density at radius 1 is 1.18 bits per heavy atom. The predicted octanol–water partition coefficient (Wildman–Crippen LogP) is 1.85. The summed E-state index contributed by atoms with van der Waals surface area (Å²) in [5, 5.41) is 6.56. The van der Waals surface area contributed by atoms with Gasteiger partial charge in [-0.2, -0.15) is 0 Å². The van der Waals surface area contributed by atoms with Crippen LogP contribution in [-0.4, -0.2) is 39.3 Å². The van der Waals surface area contributed by atoms with E-state index in [1.807, 2.05) is 6.07 Å². The molecule has 3 rings (SSSR count). The molecule has 4 heteroatoms. The molecule has 1 saturated heterocycles. The molecular formula is C18H26N2O2. The molecule has 1 aliphatic heterocycles. The van der Waals surface area contributed by atoms with Crippen molar-refractivity contribution in [3.05, 3.63) is 35.9 Å². The van der Waals surface area contributed by atoms with Crippen molar-refractivity contribution in [3.8, 4) is 0 Å². The van der Waals surface area contributed by atoms with E-state index in [0.29, 0.717) is 6.61 Å². The number of carbonyl (C=O) groups excluding carboxylic acids is 1. The van der Waals surface area contributed by atoms with Gasteiger partial charge in [-0.15, -0.1) is 0 Å². The van der Waals surface area contributed by atoms with Gasteiger partial charge in [0.15, 0.2) is 0 Å². The van der Waals surface area contributed by atoms with Crippen LogP contribution in [0.3, 0.4) is 0 Å². The number of benzene rings is 1. The van der Waals surface area contributed by atoms with Crippen LogP contribution in [0.2, 0.25) is 0 Å². The van der Waals surface area contributed by atoms with Crippen LogP contribution in [0.25, 0.3) is 0 Å². The average molecular weight is 302 g/mol. The number of piperidine rings is 1. The van der Waals surface area contributed by atoms with E-state index in [-0.39, 0.29) is 16.7 Å². The second-order valence-electron chi connectivity index (χ2n) is 6.79. The lowest BCUT2D eigenvalue weighted by molar-refractivity contribution is -0.136. The minimum Gasteiger partial charge on any atom is -0.384 e. The van der Waals surface area contributed by atoms with Crippen molar-refractivity contribution in [1.29, 1.82) is 0 Å². The zero-order valence-electron chi connectivity index (χ0n) is 13.4. The first kappa shape index (κ1) is 15.5. The molecule has 1 aromatic carbocycles. The molecule has 0 aromatic heterocycles. The maximum atomic E-state index is 12.8. The van der Waals surface area contributed by atoms with Crippen LogP contribution < -0.4 is 10.6 Å². The van der Waals surface area contributed by atoms with E-state index < -0.39 is 0 Å². The molecule has 0 unspecified atom stereocenters. The monoisotopic (exact) mass is 302 g/mol. The van der Waals surface area contributed by atoms with Crippen LogP contribution in [0.15, 0.2) is 30.3 Å².